The van der Waals surface area contributed by atoms with E-state index in [4.69, 9.17) is 0 Å². The molecule has 0 saturated heterocycles. The van der Waals surface area contributed by atoms with Crippen LogP contribution in [0.3, 0.4) is 0 Å². The Morgan fingerprint density at radius 1 is 0.786 bits per heavy atom. The second kappa shape index (κ2) is 11.6. The van der Waals surface area contributed by atoms with Crippen LogP contribution in [-0.2, 0) is 9.59 Å². The Morgan fingerprint density at radius 3 is 1.39 bits per heavy atom. The van der Waals surface area contributed by atoms with Gasteiger partial charge in [0.1, 0.15) is 0 Å². The van der Waals surface area contributed by atoms with E-state index in [9.17, 15) is 19.8 Å². The highest BCUT2D eigenvalue weighted by Crippen LogP contribution is 2.56. The van der Waals surface area contributed by atoms with Crippen LogP contribution < -0.4 is 10.2 Å². The topological polar surface area (TPSA) is 80.3 Å². The van der Waals surface area contributed by atoms with E-state index < -0.39 is 22.8 Å². The van der Waals surface area contributed by atoms with Crippen LogP contribution in [-0.4, -0.2) is 11.9 Å². The van der Waals surface area contributed by atoms with Gasteiger partial charge in [-0.25, -0.2) is 0 Å². The first kappa shape index (κ1) is 24.7. The van der Waals surface area contributed by atoms with Crippen molar-refractivity contribution < 1.29 is 19.8 Å². The summed E-state index contributed by atoms with van der Waals surface area (Å²) >= 11 is 0. The van der Waals surface area contributed by atoms with E-state index in [-0.39, 0.29) is 24.7 Å². The molecule has 0 aromatic carbocycles. The lowest BCUT2D eigenvalue weighted by molar-refractivity contribution is -0.348. The molecule has 4 unspecified atom stereocenters. The van der Waals surface area contributed by atoms with Crippen molar-refractivity contribution in [3.05, 3.63) is 12.2 Å². The standard InChI is InChI=1S/C24H42O4/c1-5-9-13-19(7-3)17-23(21(25)26)15-11-12-16-24(23,22(27)28)18-20(8-4)14-10-6-2/h11-12,19-20H,5-10,13-18H2,1-4H3,(H,25,26)(H,27,28)/p-2. The molecule has 0 radical (unpaired) electrons. The molecule has 0 bridgehead atoms. The Balaban J connectivity index is 3.35. The predicted molar refractivity (Wildman–Crippen MR) is 109 cm³/mol. The molecule has 4 heteroatoms. The Bertz CT molecular complexity index is 481. The van der Waals surface area contributed by atoms with Gasteiger partial charge in [-0.3, -0.25) is 0 Å². The fourth-order valence-electron chi connectivity index (χ4n) is 5.11. The summed E-state index contributed by atoms with van der Waals surface area (Å²) in [4.78, 5) is 25.1. The molecule has 0 amide bonds. The number of unbranched alkanes of at least 4 members (excludes halogenated alkanes) is 2. The Labute approximate surface area is 171 Å². The third-order valence-corrected chi connectivity index (χ3v) is 7.16. The van der Waals surface area contributed by atoms with Crippen molar-refractivity contribution in [3.8, 4) is 0 Å². The van der Waals surface area contributed by atoms with Gasteiger partial charge in [-0.2, -0.15) is 0 Å². The summed E-state index contributed by atoms with van der Waals surface area (Å²) in [6.45, 7) is 8.38. The Kier molecular flexibility index (Phi) is 10.3. The molecule has 4 atom stereocenters. The van der Waals surface area contributed by atoms with Crippen molar-refractivity contribution >= 4 is 11.9 Å². The molecular formula is C24H40O4-2. The quantitative estimate of drug-likeness (QED) is 0.418. The second-order valence-electron chi connectivity index (χ2n) is 8.86. The SMILES string of the molecule is CCCCC(CC)CC1(C(=O)[O-])CC=CCC1(CC(CC)CCCC)C(=O)[O-]. The molecule has 0 saturated carbocycles. The highest BCUT2D eigenvalue weighted by Gasteiger charge is 2.54. The number of hydrogen-bond acceptors (Lipinski definition) is 4. The summed E-state index contributed by atoms with van der Waals surface area (Å²) in [5, 5.41) is 25.1. The molecule has 0 aromatic rings. The fourth-order valence-corrected chi connectivity index (χ4v) is 5.11. The van der Waals surface area contributed by atoms with Gasteiger partial charge in [0.15, 0.2) is 0 Å². The lowest BCUT2D eigenvalue weighted by atomic mass is 9.51. The van der Waals surface area contributed by atoms with Gasteiger partial charge < -0.3 is 19.8 Å². The molecule has 0 spiro atoms. The zero-order valence-electron chi connectivity index (χ0n) is 18.4. The number of allylic oxidation sites excluding steroid dienone is 2. The molecule has 0 aromatic heterocycles. The summed E-state index contributed by atoms with van der Waals surface area (Å²) in [5.74, 6) is -2.03. The molecule has 1 aliphatic carbocycles. The van der Waals surface area contributed by atoms with Gasteiger partial charge in [0.05, 0.1) is 0 Å². The minimum atomic E-state index is -1.38. The third kappa shape index (κ3) is 5.39. The minimum Gasteiger partial charge on any atom is -0.550 e. The molecule has 0 heterocycles. The molecule has 0 aliphatic heterocycles. The van der Waals surface area contributed by atoms with Crippen LogP contribution in [0.25, 0.3) is 0 Å². The van der Waals surface area contributed by atoms with E-state index in [0.29, 0.717) is 12.8 Å². The highest BCUT2D eigenvalue weighted by atomic mass is 16.4. The van der Waals surface area contributed by atoms with Crippen molar-refractivity contribution in [1.82, 2.24) is 0 Å². The van der Waals surface area contributed by atoms with E-state index in [1.165, 1.54) is 0 Å². The first-order chi connectivity index (χ1) is 13.3. The van der Waals surface area contributed by atoms with Crippen molar-refractivity contribution in [2.45, 2.75) is 105 Å². The Morgan fingerprint density at radius 2 is 1.14 bits per heavy atom. The fraction of sp³-hybridized carbons (Fsp3) is 0.833. The third-order valence-electron chi connectivity index (χ3n) is 7.16. The summed E-state index contributed by atoms with van der Waals surface area (Å²) < 4.78 is 0. The number of carbonyl (C=O) groups is 2. The van der Waals surface area contributed by atoms with Crippen LogP contribution in [0.4, 0.5) is 0 Å². The summed E-state index contributed by atoms with van der Waals surface area (Å²) in [6.07, 6.45) is 12.6. The average molecular weight is 393 g/mol. The van der Waals surface area contributed by atoms with E-state index in [1.54, 1.807) is 0 Å². The number of aliphatic carboxylic acids is 2. The van der Waals surface area contributed by atoms with Crippen molar-refractivity contribution in [2.75, 3.05) is 0 Å². The van der Waals surface area contributed by atoms with Crippen LogP contribution in [0.2, 0.25) is 0 Å². The minimum absolute atomic E-state index is 0.193. The van der Waals surface area contributed by atoms with Gasteiger partial charge in [-0.15, -0.1) is 0 Å². The number of rotatable bonds is 14. The van der Waals surface area contributed by atoms with Gasteiger partial charge in [0.2, 0.25) is 0 Å². The highest BCUT2D eigenvalue weighted by molar-refractivity contribution is 5.85. The molecule has 1 rings (SSSR count). The summed E-state index contributed by atoms with van der Waals surface area (Å²) in [6, 6.07) is 0. The van der Waals surface area contributed by atoms with Crippen LogP contribution >= 0.6 is 0 Å². The lowest BCUT2D eigenvalue weighted by Crippen LogP contribution is -2.62. The largest absolute Gasteiger partial charge is 0.550 e. The van der Waals surface area contributed by atoms with Gasteiger partial charge >= 0.3 is 0 Å². The molecule has 4 nitrogen and oxygen atoms in total. The molecule has 0 N–H and O–H groups in total. The van der Waals surface area contributed by atoms with E-state index in [1.807, 2.05) is 12.2 Å². The molecule has 28 heavy (non-hydrogen) atoms. The zero-order valence-corrected chi connectivity index (χ0v) is 18.4. The Hall–Kier alpha value is -1.32. The number of carboxylic acid groups (broad SMARTS) is 2. The van der Waals surface area contributed by atoms with Gasteiger partial charge in [0.25, 0.3) is 0 Å². The predicted octanol–water partition coefficient (Wildman–Crippen LogP) is 4.02. The average Bonchev–Trinajstić information content (AvgIpc) is 2.68. The first-order valence-corrected chi connectivity index (χ1v) is 11.4. The molecule has 0 fully saturated rings. The van der Waals surface area contributed by atoms with E-state index >= 15 is 0 Å². The van der Waals surface area contributed by atoms with Crippen molar-refractivity contribution in [2.24, 2.45) is 22.7 Å². The number of carbonyl (C=O) groups excluding carboxylic acids is 2. The number of hydrogen-bond donors (Lipinski definition) is 0. The number of carboxylic acids is 2. The lowest BCUT2D eigenvalue weighted by Gasteiger charge is -2.56. The molecular weight excluding hydrogens is 352 g/mol. The van der Waals surface area contributed by atoms with Crippen LogP contribution in [0.5, 0.6) is 0 Å². The second-order valence-corrected chi connectivity index (χ2v) is 8.86. The zero-order chi connectivity index (χ0) is 21.2. The normalized spacial score (nSPS) is 26.7. The van der Waals surface area contributed by atoms with Crippen molar-refractivity contribution in [1.29, 1.82) is 0 Å². The molecule has 1 aliphatic rings. The van der Waals surface area contributed by atoms with E-state index in [2.05, 4.69) is 27.7 Å². The summed E-state index contributed by atoms with van der Waals surface area (Å²) in [7, 11) is 0. The smallest absolute Gasteiger partial charge is 0.0488 e. The first-order valence-electron chi connectivity index (χ1n) is 11.4. The van der Waals surface area contributed by atoms with Gasteiger partial charge in [-0.05, 0) is 37.5 Å². The maximum atomic E-state index is 12.6. The van der Waals surface area contributed by atoms with Gasteiger partial charge in [-0.1, -0.05) is 91.2 Å². The summed E-state index contributed by atoms with van der Waals surface area (Å²) in [5.41, 5.74) is -2.76. The van der Waals surface area contributed by atoms with Gasteiger partial charge in [0, 0.05) is 22.8 Å². The van der Waals surface area contributed by atoms with E-state index in [0.717, 1.165) is 51.4 Å². The van der Waals surface area contributed by atoms with Crippen molar-refractivity contribution in [3.63, 3.8) is 0 Å². The van der Waals surface area contributed by atoms with Crippen LogP contribution in [0.15, 0.2) is 12.2 Å². The molecule has 162 valence electrons. The maximum Gasteiger partial charge on any atom is 0.0488 e. The van der Waals surface area contributed by atoms with Crippen LogP contribution in [0.1, 0.15) is 105 Å². The maximum absolute atomic E-state index is 12.6. The van der Waals surface area contributed by atoms with Crippen LogP contribution in [0, 0.1) is 22.7 Å². The monoisotopic (exact) mass is 392 g/mol.